The summed E-state index contributed by atoms with van der Waals surface area (Å²) in [6.45, 7) is 22.3. The van der Waals surface area contributed by atoms with E-state index in [-0.39, 0.29) is 39.7 Å². The fourth-order valence-electron chi connectivity index (χ4n) is 1.82. The molecule has 1 aliphatic heterocycles. The van der Waals surface area contributed by atoms with E-state index < -0.39 is 5.60 Å². The SMILES string of the molecule is CC.CC.CC.CC(=O)CCO.CC(C)CCOC(C)(C)CN1C(=O)C(Br)=C(Br)C1=O. The highest BCUT2D eigenvalue weighted by Gasteiger charge is 2.39. The molecule has 2 amide bonds. The molecule has 1 aliphatic rings. The summed E-state index contributed by atoms with van der Waals surface area (Å²) in [4.78, 5) is 34.9. The largest absolute Gasteiger partial charge is 0.396 e. The summed E-state index contributed by atoms with van der Waals surface area (Å²) in [5, 5.41) is 8.02. The van der Waals surface area contributed by atoms with Gasteiger partial charge >= 0.3 is 0 Å². The molecule has 0 atom stereocenters. The molecule has 0 saturated carbocycles. The number of halogens is 2. The van der Waals surface area contributed by atoms with Crippen molar-refractivity contribution < 1.29 is 24.2 Å². The van der Waals surface area contributed by atoms with Crippen LogP contribution < -0.4 is 0 Å². The number of aliphatic hydroxyl groups excluding tert-OH is 1. The Hall–Kier alpha value is -0.570. The molecule has 1 rings (SSSR count). The molecule has 0 aromatic heterocycles. The van der Waals surface area contributed by atoms with Gasteiger partial charge in [-0.2, -0.15) is 0 Å². The van der Waals surface area contributed by atoms with Crippen LogP contribution in [0.1, 0.15) is 89.0 Å². The Morgan fingerprint density at radius 3 is 1.65 bits per heavy atom. The zero-order valence-electron chi connectivity index (χ0n) is 21.4. The van der Waals surface area contributed by atoms with Crippen LogP contribution in [0.2, 0.25) is 0 Å². The zero-order chi connectivity index (χ0) is 25.8. The lowest BCUT2D eigenvalue weighted by atomic mass is 10.1. The van der Waals surface area contributed by atoms with Crippen LogP contribution in [0.5, 0.6) is 0 Å². The van der Waals surface area contributed by atoms with Crippen molar-refractivity contribution in [2.75, 3.05) is 19.8 Å². The van der Waals surface area contributed by atoms with Crippen molar-refractivity contribution in [1.82, 2.24) is 4.90 Å². The number of imide groups is 1. The number of hydrogen-bond donors (Lipinski definition) is 1. The Bertz CT molecular complexity index is 508. The summed E-state index contributed by atoms with van der Waals surface area (Å²) >= 11 is 6.22. The van der Waals surface area contributed by atoms with Crippen LogP contribution in [0.25, 0.3) is 0 Å². The number of Topliss-reactive ketones (excluding diaryl/α,β-unsaturated/α-hetero) is 1. The predicted molar refractivity (Wildman–Crippen MR) is 138 cm³/mol. The number of carbonyl (C=O) groups is 3. The van der Waals surface area contributed by atoms with Gasteiger partial charge in [0.2, 0.25) is 0 Å². The number of amides is 2. The quantitative estimate of drug-likeness (QED) is 0.347. The van der Waals surface area contributed by atoms with Crippen molar-refractivity contribution in [3.63, 3.8) is 0 Å². The van der Waals surface area contributed by atoms with Crippen molar-refractivity contribution in [2.24, 2.45) is 5.92 Å². The molecule has 0 radical (unpaired) electrons. The zero-order valence-corrected chi connectivity index (χ0v) is 24.6. The molecule has 0 spiro atoms. The van der Waals surface area contributed by atoms with Crippen LogP contribution in [0.4, 0.5) is 0 Å². The topological polar surface area (TPSA) is 83.9 Å². The smallest absolute Gasteiger partial charge is 0.269 e. The van der Waals surface area contributed by atoms with Gasteiger partial charge in [-0.05, 0) is 65.0 Å². The summed E-state index contributed by atoms with van der Waals surface area (Å²) in [6.07, 6.45) is 1.25. The number of nitrogens with zero attached hydrogens (tertiary/aromatic N) is 1. The van der Waals surface area contributed by atoms with Crippen LogP contribution >= 0.6 is 31.9 Å². The van der Waals surface area contributed by atoms with E-state index in [1.54, 1.807) is 0 Å². The molecule has 0 aliphatic carbocycles. The fourth-order valence-corrected chi connectivity index (χ4v) is 2.58. The van der Waals surface area contributed by atoms with E-state index in [0.717, 1.165) is 6.42 Å². The van der Waals surface area contributed by atoms with Gasteiger partial charge in [0.25, 0.3) is 11.8 Å². The van der Waals surface area contributed by atoms with E-state index in [1.165, 1.54) is 11.8 Å². The summed E-state index contributed by atoms with van der Waals surface area (Å²) in [5.74, 6) is -0.0388. The molecule has 1 N–H and O–H groups in total. The van der Waals surface area contributed by atoms with Crippen molar-refractivity contribution in [2.45, 2.75) is 94.6 Å². The predicted octanol–water partition coefficient (Wildman–Crippen LogP) is 6.23. The van der Waals surface area contributed by atoms with Gasteiger partial charge in [-0.3, -0.25) is 19.3 Å². The Morgan fingerprint density at radius 2 is 1.39 bits per heavy atom. The van der Waals surface area contributed by atoms with Crippen molar-refractivity contribution >= 4 is 49.5 Å². The second-order valence-corrected chi connectivity index (χ2v) is 8.38. The summed E-state index contributed by atoms with van der Waals surface area (Å²) in [5.41, 5.74) is -0.550. The second kappa shape index (κ2) is 22.6. The molecule has 0 unspecified atom stereocenters. The number of hydrogen-bond acceptors (Lipinski definition) is 5. The van der Waals surface area contributed by atoms with Crippen LogP contribution in [0.15, 0.2) is 8.96 Å². The van der Waals surface area contributed by atoms with Gasteiger partial charge in [-0.25, -0.2) is 0 Å². The molecule has 8 heteroatoms. The third kappa shape index (κ3) is 18.7. The lowest BCUT2D eigenvalue weighted by molar-refractivity contribution is -0.142. The van der Waals surface area contributed by atoms with Crippen molar-refractivity contribution in [3.05, 3.63) is 8.96 Å². The Balaban J connectivity index is -0.000000255. The lowest BCUT2D eigenvalue weighted by Crippen LogP contribution is -2.44. The Labute approximate surface area is 207 Å². The maximum atomic E-state index is 11.9. The minimum Gasteiger partial charge on any atom is -0.396 e. The fraction of sp³-hybridized carbons (Fsp3) is 0.783. The van der Waals surface area contributed by atoms with Crippen LogP contribution in [-0.2, 0) is 19.1 Å². The highest BCUT2D eigenvalue weighted by atomic mass is 79.9. The van der Waals surface area contributed by atoms with Gasteiger partial charge < -0.3 is 9.84 Å². The molecule has 0 aromatic rings. The maximum Gasteiger partial charge on any atom is 0.269 e. The Morgan fingerprint density at radius 1 is 1.00 bits per heavy atom. The molecule has 0 bridgehead atoms. The molecule has 0 fully saturated rings. The second-order valence-electron chi connectivity index (χ2n) is 6.79. The van der Waals surface area contributed by atoms with Gasteiger partial charge in [-0.15, -0.1) is 0 Å². The molecule has 1 heterocycles. The average molecular weight is 575 g/mol. The van der Waals surface area contributed by atoms with Crippen molar-refractivity contribution in [3.8, 4) is 0 Å². The summed E-state index contributed by atoms with van der Waals surface area (Å²) in [7, 11) is 0. The average Bonchev–Trinajstić information content (AvgIpc) is 2.90. The van der Waals surface area contributed by atoms with Crippen LogP contribution in [-0.4, -0.2) is 53.0 Å². The van der Waals surface area contributed by atoms with E-state index >= 15 is 0 Å². The van der Waals surface area contributed by atoms with E-state index in [4.69, 9.17) is 9.84 Å². The van der Waals surface area contributed by atoms with E-state index in [0.29, 0.717) is 18.9 Å². The molecule has 0 aromatic carbocycles. The van der Waals surface area contributed by atoms with E-state index in [1.807, 2.05) is 55.4 Å². The number of rotatable bonds is 8. The number of ether oxygens (including phenoxy) is 1. The molecular weight excluding hydrogens is 530 g/mol. The van der Waals surface area contributed by atoms with Gasteiger partial charge in [0.15, 0.2) is 0 Å². The maximum absolute atomic E-state index is 11.9. The third-order valence-electron chi connectivity index (χ3n) is 3.25. The number of aliphatic hydroxyl groups is 1. The number of carbonyl (C=O) groups excluding carboxylic acids is 3. The molecule has 0 saturated heterocycles. The normalized spacial score (nSPS) is 12.7. The van der Waals surface area contributed by atoms with Gasteiger partial charge in [0.1, 0.15) is 14.7 Å². The number of ketones is 1. The molecule has 6 nitrogen and oxygen atoms in total. The van der Waals surface area contributed by atoms with Gasteiger partial charge in [0.05, 0.1) is 12.1 Å². The van der Waals surface area contributed by atoms with E-state index in [2.05, 4.69) is 45.7 Å². The Kier molecular flexibility index (Phi) is 27.5. The third-order valence-corrected chi connectivity index (χ3v) is 5.25. The standard InChI is InChI=1S/C13H19Br2NO3.C4H8O2.3C2H6/c1-8(2)5-6-19-13(3,4)7-16-11(17)9(14)10(15)12(16)18;1-4(6)2-3-5;3*1-2/h8H,5-7H2,1-4H3;5H,2-3H2,1H3;3*1-2H3. The lowest BCUT2D eigenvalue weighted by Gasteiger charge is -2.29. The van der Waals surface area contributed by atoms with Gasteiger partial charge in [-0.1, -0.05) is 55.4 Å². The molecule has 31 heavy (non-hydrogen) atoms. The van der Waals surface area contributed by atoms with Crippen molar-refractivity contribution in [1.29, 1.82) is 0 Å². The first-order valence-electron chi connectivity index (χ1n) is 11.1. The minimum atomic E-state index is -0.550. The first kappa shape index (κ1) is 37.7. The van der Waals surface area contributed by atoms with Gasteiger partial charge in [0, 0.05) is 19.6 Å². The molecular formula is C23H45Br2NO5. The summed E-state index contributed by atoms with van der Waals surface area (Å²) < 4.78 is 6.32. The van der Waals surface area contributed by atoms with Crippen LogP contribution in [0.3, 0.4) is 0 Å². The van der Waals surface area contributed by atoms with Crippen LogP contribution in [0, 0.1) is 5.92 Å². The monoisotopic (exact) mass is 573 g/mol. The molecule has 186 valence electrons. The minimum absolute atomic E-state index is 0.0185. The highest BCUT2D eigenvalue weighted by Crippen LogP contribution is 2.30. The summed E-state index contributed by atoms with van der Waals surface area (Å²) in [6, 6.07) is 0. The first-order chi connectivity index (χ1) is 14.4. The van der Waals surface area contributed by atoms with E-state index in [9.17, 15) is 14.4 Å². The highest BCUT2D eigenvalue weighted by molar-refractivity contribution is 9.14. The first-order valence-corrected chi connectivity index (χ1v) is 12.7.